The van der Waals surface area contributed by atoms with Crippen LogP contribution in [0.1, 0.15) is 54.9 Å². The van der Waals surface area contributed by atoms with Gasteiger partial charge in [0.15, 0.2) is 0 Å². The number of aryl methyl sites for hydroxylation is 1. The van der Waals surface area contributed by atoms with Gasteiger partial charge >= 0.3 is 5.97 Å². The number of aliphatic hydroxyl groups is 1. The molecule has 2 rings (SSSR count). The normalized spacial score (nSPS) is 24.4. The summed E-state index contributed by atoms with van der Waals surface area (Å²) in [5, 5.41) is 29.4. The van der Waals surface area contributed by atoms with E-state index in [2.05, 4.69) is 0 Å². The monoisotopic (exact) mass is 294 g/mol. The lowest BCUT2D eigenvalue weighted by Crippen LogP contribution is -2.18. The van der Waals surface area contributed by atoms with Gasteiger partial charge in [0.05, 0.1) is 12.2 Å². The summed E-state index contributed by atoms with van der Waals surface area (Å²) in [5.74, 6) is -0.907. The fraction of sp³-hybridized carbons (Fsp3) is 0.562. The van der Waals surface area contributed by atoms with E-state index >= 15 is 0 Å². The van der Waals surface area contributed by atoms with E-state index in [-0.39, 0.29) is 29.3 Å². The third-order valence-electron chi connectivity index (χ3n) is 3.83. The molecule has 0 spiro atoms. The third kappa shape index (κ3) is 4.11. The smallest absolute Gasteiger partial charge is 0.342 e. The fourth-order valence-electron chi connectivity index (χ4n) is 2.72. The van der Waals surface area contributed by atoms with Crippen LogP contribution in [0.4, 0.5) is 0 Å². The summed E-state index contributed by atoms with van der Waals surface area (Å²) in [6, 6.07) is 2.62. The first-order chi connectivity index (χ1) is 9.97. The lowest BCUT2D eigenvalue weighted by atomic mass is 9.97. The summed E-state index contributed by atoms with van der Waals surface area (Å²) >= 11 is 0. The Morgan fingerprint density at radius 3 is 2.62 bits per heavy atom. The van der Waals surface area contributed by atoms with Crippen LogP contribution >= 0.6 is 0 Å². The predicted molar refractivity (Wildman–Crippen MR) is 77.4 cm³/mol. The molecule has 0 unspecified atom stereocenters. The number of benzene rings is 1. The van der Waals surface area contributed by atoms with Gasteiger partial charge in [-0.25, -0.2) is 4.79 Å². The lowest BCUT2D eigenvalue weighted by molar-refractivity contribution is 0.0304. The summed E-state index contributed by atoms with van der Waals surface area (Å²) in [4.78, 5) is 12.2. The molecule has 5 heteroatoms. The molecule has 0 saturated carbocycles. The number of carbonyl (C=O) groups excluding carboxylic acids is 1. The maximum atomic E-state index is 12.2. The molecule has 0 bridgehead atoms. The van der Waals surface area contributed by atoms with Crippen molar-refractivity contribution in [1.82, 2.24) is 0 Å². The van der Waals surface area contributed by atoms with Gasteiger partial charge in [-0.05, 0) is 57.1 Å². The Labute approximate surface area is 124 Å². The van der Waals surface area contributed by atoms with Crippen LogP contribution in [-0.4, -0.2) is 33.5 Å². The van der Waals surface area contributed by atoms with Crippen LogP contribution in [0.25, 0.3) is 0 Å². The molecule has 3 N–H and O–H groups in total. The van der Waals surface area contributed by atoms with Crippen molar-refractivity contribution in [2.24, 2.45) is 0 Å². The highest BCUT2D eigenvalue weighted by Gasteiger charge is 2.22. The molecule has 21 heavy (non-hydrogen) atoms. The van der Waals surface area contributed by atoms with Gasteiger partial charge in [0, 0.05) is 6.07 Å². The molecule has 0 aliphatic carbocycles. The van der Waals surface area contributed by atoms with Crippen molar-refractivity contribution in [2.75, 3.05) is 0 Å². The Bertz CT molecular complexity index is 512. The molecule has 0 amide bonds. The molecule has 1 heterocycles. The molecule has 1 aromatic carbocycles. The quantitative estimate of drug-likeness (QED) is 0.640. The zero-order valence-electron chi connectivity index (χ0n) is 12.2. The van der Waals surface area contributed by atoms with Crippen LogP contribution in [0.5, 0.6) is 11.5 Å². The fourth-order valence-corrected chi connectivity index (χ4v) is 2.72. The largest absolute Gasteiger partial charge is 0.508 e. The Morgan fingerprint density at radius 1 is 1.14 bits per heavy atom. The van der Waals surface area contributed by atoms with Gasteiger partial charge in [-0.3, -0.25) is 0 Å². The van der Waals surface area contributed by atoms with Crippen molar-refractivity contribution in [1.29, 1.82) is 0 Å². The molecule has 116 valence electrons. The van der Waals surface area contributed by atoms with Crippen molar-refractivity contribution in [2.45, 2.75) is 57.7 Å². The number of aliphatic hydroxyl groups excluding tert-OH is 1. The molecule has 0 aromatic heterocycles. The number of ether oxygens (including phenoxy) is 1. The molecule has 2 atom stereocenters. The average Bonchev–Trinajstić information content (AvgIpc) is 2.36. The van der Waals surface area contributed by atoms with Crippen molar-refractivity contribution >= 4 is 5.97 Å². The molecule has 1 aliphatic rings. The summed E-state index contributed by atoms with van der Waals surface area (Å²) in [5.41, 5.74) is 0.673. The number of aromatic hydroxyl groups is 2. The van der Waals surface area contributed by atoms with E-state index in [0.717, 1.165) is 12.5 Å². The first-order valence-electron chi connectivity index (χ1n) is 7.41. The average molecular weight is 294 g/mol. The molecule has 0 saturated heterocycles. The third-order valence-corrected chi connectivity index (χ3v) is 3.83. The van der Waals surface area contributed by atoms with Gasteiger partial charge in [-0.15, -0.1) is 0 Å². The maximum Gasteiger partial charge on any atom is 0.342 e. The van der Waals surface area contributed by atoms with Gasteiger partial charge in [0.2, 0.25) is 0 Å². The van der Waals surface area contributed by atoms with E-state index in [1.165, 1.54) is 6.07 Å². The van der Waals surface area contributed by atoms with Crippen LogP contribution in [0.15, 0.2) is 12.1 Å². The summed E-state index contributed by atoms with van der Waals surface area (Å²) in [6.45, 7) is 1.80. The van der Waals surface area contributed by atoms with Crippen molar-refractivity contribution < 1.29 is 24.9 Å². The first-order valence-corrected chi connectivity index (χ1v) is 7.41. The highest BCUT2D eigenvalue weighted by atomic mass is 16.5. The summed E-state index contributed by atoms with van der Waals surface area (Å²) in [7, 11) is 0. The van der Waals surface area contributed by atoms with Crippen molar-refractivity contribution in [3.8, 4) is 11.5 Å². The number of carbonyl (C=O) groups is 1. The highest BCUT2D eigenvalue weighted by Crippen LogP contribution is 2.30. The van der Waals surface area contributed by atoms with Crippen LogP contribution in [-0.2, 0) is 11.2 Å². The minimum atomic E-state index is -0.559. The number of cyclic esters (lactones) is 1. The standard InChI is InChI=1S/C16H22O5/c1-10-4-2-6-12(17)7-3-5-11-8-13(18)9-14(19)15(11)16(20)21-10/h8-10,12,17-19H,2-7H2,1H3/t10-,12+/m1/s1. The van der Waals surface area contributed by atoms with Crippen LogP contribution in [0.2, 0.25) is 0 Å². The van der Waals surface area contributed by atoms with Crippen molar-refractivity contribution in [3.05, 3.63) is 23.3 Å². The molecule has 1 aliphatic heterocycles. The van der Waals surface area contributed by atoms with Gasteiger partial charge in [0.25, 0.3) is 0 Å². The number of esters is 1. The van der Waals surface area contributed by atoms with E-state index in [4.69, 9.17) is 4.74 Å². The number of hydrogen-bond acceptors (Lipinski definition) is 5. The van der Waals surface area contributed by atoms with E-state index in [1.807, 2.05) is 0 Å². The zero-order valence-corrected chi connectivity index (χ0v) is 12.2. The van der Waals surface area contributed by atoms with E-state index < -0.39 is 5.97 Å². The molecule has 0 fully saturated rings. The predicted octanol–water partition coefficient (Wildman–Crippen LogP) is 2.51. The number of phenols is 2. The second kappa shape index (κ2) is 6.80. The van der Waals surface area contributed by atoms with Crippen molar-refractivity contribution in [3.63, 3.8) is 0 Å². The van der Waals surface area contributed by atoms with Crippen LogP contribution in [0.3, 0.4) is 0 Å². The van der Waals surface area contributed by atoms with Crippen LogP contribution in [0, 0.1) is 0 Å². The maximum absolute atomic E-state index is 12.2. The Balaban J connectivity index is 2.31. The molecular weight excluding hydrogens is 272 g/mol. The molecule has 1 aromatic rings. The zero-order chi connectivity index (χ0) is 15.4. The SMILES string of the molecule is C[C@@H]1CCC[C@H](O)CCCc2cc(O)cc(O)c2C(=O)O1. The summed E-state index contributed by atoms with van der Waals surface area (Å²) in [6.07, 6.45) is 3.35. The second-order valence-electron chi connectivity index (χ2n) is 5.69. The van der Waals surface area contributed by atoms with E-state index in [0.29, 0.717) is 37.7 Å². The Hall–Kier alpha value is -1.75. The number of phenolic OH excluding ortho intramolecular Hbond substituents is 2. The topological polar surface area (TPSA) is 87.0 Å². The van der Waals surface area contributed by atoms with Gasteiger partial charge in [0.1, 0.15) is 17.1 Å². The number of hydrogen-bond donors (Lipinski definition) is 3. The Morgan fingerprint density at radius 2 is 1.86 bits per heavy atom. The first kappa shape index (κ1) is 15.6. The second-order valence-corrected chi connectivity index (χ2v) is 5.69. The summed E-state index contributed by atoms with van der Waals surface area (Å²) < 4.78 is 5.34. The molecular formula is C16H22O5. The Kier molecular flexibility index (Phi) is 5.07. The lowest BCUT2D eigenvalue weighted by Gasteiger charge is -2.19. The van der Waals surface area contributed by atoms with E-state index in [1.54, 1.807) is 6.92 Å². The molecule has 0 radical (unpaired) electrons. The van der Waals surface area contributed by atoms with Gasteiger partial charge < -0.3 is 20.1 Å². The van der Waals surface area contributed by atoms with Gasteiger partial charge in [-0.1, -0.05) is 0 Å². The highest BCUT2D eigenvalue weighted by molar-refractivity contribution is 5.94. The number of rotatable bonds is 0. The van der Waals surface area contributed by atoms with Crippen LogP contribution < -0.4 is 0 Å². The molecule has 5 nitrogen and oxygen atoms in total. The number of fused-ring (bicyclic) bond motifs is 1. The minimum Gasteiger partial charge on any atom is -0.508 e. The minimum absolute atomic E-state index is 0.0836. The van der Waals surface area contributed by atoms with Gasteiger partial charge in [-0.2, -0.15) is 0 Å². The van der Waals surface area contributed by atoms with E-state index in [9.17, 15) is 20.1 Å².